The maximum atomic E-state index is 11.5. The van der Waals surface area contributed by atoms with Gasteiger partial charge in [0.15, 0.2) is 0 Å². The van der Waals surface area contributed by atoms with Gasteiger partial charge in [-0.25, -0.2) is 0 Å². The normalized spacial score (nSPS) is 10.8. The lowest BCUT2D eigenvalue weighted by molar-refractivity contribution is -0.387. The van der Waals surface area contributed by atoms with Crippen molar-refractivity contribution in [2.24, 2.45) is 0 Å². The molecular formula is C14H13N3O5. The number of aromatic hydroxyl groups is 1. The Morgan fingerprint density at radius 3 is 2.59 bits per heavy atom. The minimum absolute atomic E-state index is 0.0157. The predicted octanol–water partition coefficient (Wildman–Crippen LogP) is 1.95. The lowest BCUT2D eigenvalue weighted by Crippen LogP contribution is -2.14. The van der Waals surface area contributed by atoms with E-state index in [2.05, 4.69) is 9.97 Å². The van der Waals surface area contributed by atoms with Crippen molar-refractivity contribution in [1.29, 1.82) is 0 Å². The van der Waals surface area contributed by atoms with E-state index in [1.807, 2.05) is 6.92 Å². The Balaban J connectivity index is 2.23. The first-order valence-corrected chi connectivity index (χ1v) is 6.40. The number of nitro groups is 1. The first-order valence-electron chi connectivity index (χ1n) is 6.40. The molecule has 8 heteroatoms. The summed E-state index contributed by atoms with van der Waals surface area (Å²) >= 11 is 0. The Morgan fingerprint density at radius 1 is 1.36 bits per heavy atom. The molecule has 0 radical (unpaired) electrons. The highest BCUT2D eigenvalue weighted by molar-refractivity contribution is 5.67. The van der Waals surface area contributed by atoms with Gasteiger partial charge in [0.25, 0.3) is 5.88 Å². The van der Waals surface area contributed by atoms with E-state index in [1.165, 1.54) is 6.08 Å². The number of hydrogen-bond acceptors (Lipinski definition) is 6. The summed E-state index contributed by atoms with van der Waals surface area (Å²) in [5.41, 5.74) is -1.17. The van der Waals surface area contributed by atoms with Crippen LogP contribution >= 0.6 is 0 Å². The molecule has 0 unspecified atom stereocenters. The van der Waals surface area contributed by atoms with Gasteiger partial charge in [0, 0.05) is 0 Å². The summed E-state index contributed by atoms with van der Waals surface area (Å²) in [6.45, 7) is 2.46. The topological polar surface area (TPSA) is 118 Å². The first-order chi connectivity index (χ1) is 10.5. The van der Waals surface area contributed by atoms with E-state index < -0.39 is 22.0 Å². The number of hydrogen-bond donors (Lipinski definition) is 2. The summed E-state index contributed by atoms with van der Waals surface area (Å²) in [5.74, 6) is -0.166. The van der Waals surface area contributed by atoms with Gasteiger partial charge < -0.3 is 14.8 Å². The zero-order valence-corrected chi connectivity index (χ0v) is 11.6. The van der Waals surface area contributed by atoms with Crippen LogP contribution in [0.15, 0.2) is 29.1 Å². The molecule has 0 saturated carbocycles. The van der Waals surface area contributed by atoms with Crippen molar-refractivity contribution in [3.05, 3.63) is 56.1 Å². The summed E-state index contributed by atoms with van der Waals surface area (Å²) in [7, 11) is 0. The van der Waals surface area contributed by atoms with Gasteiger partial charge in [0.1, 0.15) is 11.6 Å². The minimum atomic E-state index is -1.01. The summed E-state index contributed by atoms with van der Waals surface area (Å²) in [6, 6.07) is 7.16. The molecule has 22 heavy (non-hydrogen) atoms. The fraction of sp³-hybridized carbons (Fsp3) is 0.143. The van der Waals surface area contributed by atoms with Crippen molar-refractivity contribution >= 4 is 17.8 Å². The summed E-state index contributed by atoms with van der Waals surface area (Å²) in [6.07, 6.45) is 3.07. The minimum Gasteiger partial charge on any atom is -0.494 e. The maximum absolute atomic E-state index is 11.5. The Kier molecular flexibility index (Phi) is 4.52. The highest BCUT2D eigenvalue weighted by Gasteiger charge is 2.21. The standard InChI is InChI=1S/C14H13N3O5/c1-2-22-10-6-3-9(4-7-10)5-8-11-15-13(18)12(17(20)21)14(19)16-11/h3-8H,2H2,1H3,(H2,15,16,18,19). The third-order valence-electron chi connectivity index (χ3n) is 2.70. The van der Waals surface area contributed by atoms with Crippen molar-refractivity contribution in [2.45, 2.75) is 6.92 Å². The smallest absolute Gasteiger partial charge is 0.395 e. The predicted molar refractivity (Wildman–Crippen MR) is 79.7 cm³/mol. The molecule has 8 nitrogen and oxygen atoms in total. The molecule has 0 spiro atoms. The van der Waals surface area contributed by atoms with E-state index in [0.717, 1.165) is 11.3 Å². The van der Waals surface area contributed by atoms with E-state index in [4.69, 9.17) is 4.74 Å². The molecule has 0 saturated heterocycles. The van der Waals surface area contributed by atoms with Crippen LogP contribution in [0.1, 0.15) is 18.3 Å². The molecule has 2 N–H and O–H groups in total. The van der Waals surface area contributed by atoms with Crippen molar-refractivity contribution in [2.75, 3.05) is 6.61 Å². The van der Waals surface area contributed by atoms with E-state index in [-0.39, 0.29) is 5.82 Å². The van der Waals surface area contributed by atoms with Crippen LogP contribution in [0.4, 0.5) is 5.69 Å². The van der Waals surface area contributed by atoms with E-state index in [0.29, 0.717) is 6.61 Å². The molecule has 0 atom stereocenters. The molecular weight excluding hydrogens is 290 g/mol. The third kappa shape index (κ3) is 3.48. The number of ether oxygens (including phenoxy) is 1. The van der Waals surface area contributed by atoms with Crippen molar-refractivity contribution in [1.82, 2.24) is 9.97 Å². The molecule has 0 fully saturated rings. The molecule has 2 aromatic rings. The van der Waals surface area contributed by atoms with Crippen LogP contribution < -0.4 is 10.3 Å². The van der Waals surface area contributed by atoms with Crippen LogP contribution in [-0.2, 0) is 0 Å². The number of rotatable bonds is 5. The molecule has 1 aromatic carbocycles. The van der Waals surface area contributed by atoms with Gasteiger partial charge in [-0.15, -0.1) is 0 Å². The Labute approximate surface area is 124 Å². The molecule has 0 amide bonds. The van der Waals surface area contributed by atoms with Gasteiger partial charge in [-0.1, -0.05) is 18.2 Å². The van der Waals surface area contributed by atoms with Crippen LogP contribution in [0.3, 0.4) is 0 Å². The quantitative estimate of drug-likeness (QED) is 0.643. The molecule has 2 rings (SSSR count). The molecule has 0 aliphatic rings. The van der Waals surface area contributed by atoms with Crippen LogP contribution in [0.2, 0.25) is 0 Å². The number of H-pyrrole nitrogens is 1. The van der Waals surface area contributed by atoms with Gasteiger partial charge in [0.05, 0.1) is 11.5 Å². The maximum Gasteiger partial charge on any atom is 0.395 e. The first kappa shape index (κ1) is 15.2. The second kappa shape index (κ2) is 6.53. The van der Waals surface area contributed by atoms with E-state index >= 15 is 0 Å². The average Bonchev–Trinajstić information content (AvgIpc) is 2.46. The zero-order chi connectivity index (χ0) is 16.1. The molecule has 1 heterocycles. The molecule has 1 aromatic heterocycles. The van der Waals surface area contributed by atoms with Gasteiger partial charge >= 0.3 is 11.2 Å². The largest absolute Gasteiger partial charge is 0.494 e. The lowest BCUT2D eigenvalue weighted by Gasteiger charge is -2.02. The SMILES string of the molecule is CCOc1ccc(C=Cc2nc(O)c([N+](=O)[O-])c(=O)[nH]2)cc1. The molecule has 114 valence electrons. The highest BCUT2D eigenvalue weighted by Crippen LogP contribution is 2.18. The number of nitrogens with zero attached hydrogens (tertiary/aromatic N) is 2. The fourth-order valence-corrected chi connectivity index (χ4v) is 1.73. The monoisotopic (exact) mass is 303 g/mol. The van der Waals surface area contributed by atoms with E-state index in [1.54, 1.807) is 30.3 Å². The van der Waals surface area contributed by atoms with Crippen LogP contribution in [0.25, 0.3) is 12.2 Å². The number of aromatic nitrogens is 2. The Morgan fingerprint density at radius 2 is 2.05 bits per heavy atom. The molecule has 0 aliphatic heterocycles. The number of benzene rings is 1. The molecule has 0 bridgehead atoms. The second-order valence-corrected chi connectivity index (χ2v) is 4.22. The lowest BCUT2D eigenvalue weighted by atomic mass is 10.2. The van der Waals surface area contributed by atoms with Crippen molar-refractivity contribution in [3.63, 3.8) is 0 Å². The van der Waals surface area contributed by atoms with Crippen molar-refractivity contribution < 1.29 is 14.8 Å². The third-order valence-corrected chi connectivity index (χ3v) is 2.70. The highest BCUT2D eigenvalue weighted by atomic mass is 16.6. The summed E-state index contributed by atoms with van der Waals surface area (Å²) in [5, 5.41) is 20.0. The van der Waals surface area contributed by atoms with Crippen molar-refractivity contribution in [3.8, 4) is 11.6 Å². The van der Waals surface area contributed by atoms with Gasteiger partial charge in [-0.2, -0.15) is 4.98 Å². The van der Waals surface area contributed by atoms with Gasteiger partial charge in [0.2, 0.25) is 0 Å². The van der Waals surface area contributed by atoms with Crippen LogP contribution in [0.5, 0.6) is 11.6 Å². The number of aromatic amines is 1. The second-order valence-electron chi connectivity index (χ2n) is 4.22. The Bertz CT molecular complexity index is 765. The Hall–Kier alpha value is -3.16. The molecule has 0 aliphatic carbocycles. The van der Waals surface area contributed by atoms with Crippen LogP contribution in [-0.4, -0.2) is 26.6 Å². The van der Waals surface area contributed by atoms with Gasteiger partial charge in [-0.05, 0) is 30.7 Å². The van der Waals surface area contributed by atoms with E-state index in [9.17, 15) is 20.0 Å². The average molecular weight is 303 g/mol. The zero-order valence-electron chi connectivity index (χ0n) is 11.6. The van der Waals surface area contributed by atoms with Crippen LogP contribution in [0, 0.1) is 10.1 Å². The fourth-order valence-electron chi connectivity index (χ4n) is 1.73. The van der Waals surface area contributed by atoms with Gasteiger partial charge in [-0.3, -0.25) is 14.9 Å². The summed E-state index contributed by atoms with van der Waals surface area (Å²) < 4.78 is 5.31. The summed E-state index contributed by atoms with van der Waals surface area (Å²) in [4.78, 5) is 26.9. The number of nitrogens with one attached hydrogen (secondary N) is 1.